The van der Waals surface area contributed by atoms with Crippen molar-refractivity contribution in [1.82, 2.24) is 0 Å². The maximum absolute atomic E-state index is 13.2. The largest absolute Gasteiger partial charge is 0.451 e. The van der Waals surface area contributed by atoms with Gasteiger partial charge in [0.1, 0.15) is 11.6 Å². The molecule has 2 rings (SSSR count). The molecule has 0 spiro atoms. The first-order valence-electron chi connectivity index (χ1n) is 4.54. The monoisotopic (exact) mass is 224 g/mol. The number of hydrogen-bond donors (Lipinski definition) is 0. The third-order valence-corrected chi connectivity index (χ3v) is 1.95. The minimum Gasteiger partial charge on any atom is -0.451 e. The van der Waals surface area contributed by atoms with Crippen LogP contribution in [0.15, 0.2) is 42.5 Å². The van der Waals surface area contributed by atoms with E-state index in [2.05, 4.69) is 0 Å². The Labute approximate surface area is 90.1 Å². The van der Waals surface area contributed by atoms with E-state index in [4.69, 9.17) is 4.74 Å². The van der Waals surface area contributed by atoms with Crippen LogP contribution in [0.25, 0.3) is 0 Å². The Morgan fingerprint density at radius 3 is 1.88 bits per heavy atom. The lowest BCUT2D eigenvalue weighted by molar-refractivity contribution is 0.407. The van der Waals surface area contributed by atoms with Gasteiger partial charge in [-0.2, -0.15) is 0 Å². The Morgan fingerprint density at radius 2 is 1.31 bits per heavy atom. The number of benzene rings is 2. The van der Waals surface area contributed by atoms with E-state index in [0.717, 1.165) is 24.3 Å². The van der Waals surface area contributed by atoms with Crippen LogP contribution in [0.5, 0.6) is 11.5 Å². The van der Waals surface area contributed by atoms with Crippen molar-refractivity contribution in [3.8, 4) is 11.5 Å². The molecule has 0 aliphatic rings. The van der Waals surface area contributed by atoms with Crippen LogP contribution in [0.3, 0.4) is 0 Å². The van der Waals surface area contributed by atoms with E-state index in [-0.39, 0.29) is 5.75 Å². The Kier molecular flexibility index (Phi) is 2.81. The summed E-state index contributed by atoms with van der Waals surface area (Å²) < 4.78 is 43.9. The second-order valence-electron chi connectivity index (χ2n) is 3.11. The van der Waals surface area contributed by atoms with Gasteiger partial charge >= 0.3 is 0 Å². The van der Waals surface area contributed by atoms with Crippen LogP contribution in [0.1, 0.15) is 0 Å². The van der Waals surface area contributed by atoms with Gasteiger partial charge in [-0.05, 0) is 36.4 Å². The summed E-state index contributed by atoms with van der Waals surface area (Å²) in [7, 11) is 0. The summed E-state index contributed by atoms with van der Waals surface area (Å²) in [4.78, 5) is 0. The summed E-state index contributed by atoms with van der Waals surface area (Å²) in [6.45, 7) is 0. The Balaban J connectivity index is 2.30. The molecular formula is C12H7F3O. The van der Waals surface area contributed by atoms with Gasteiger partial charge in [0.05, 0.1) is 0 Å². The number of hydrogen-bond acceptors (Lipinski definition) is 1. The highest BCUT2D eigenvalue weighted by Crippen LogP contribution is 2.27. The Morgan fingerprint density at radius 1 is 0.750 bits per heavy atom. The zero-order valence-electron chi connectivity index (χ0n) is 8.08. The summed E-state index contributed by atoms with van der Waals surface area (Å²) in [5.41, 5.74) is 0. The summed E-state index contributed by atoms with van der Waals surface area (Å²) in [5.74, 6) is -2.37. The fraction of sp³-hybridized carbons (Fsp3) is 0. The third-order valence-electron chi connectivity index (χ3n) is 1.95. The average Bonchev–Trinajstić information content (AvgIpc) is 2.26. The average molecular weight is 224 g/mol. The predicted molar refractivity (Wildman–Crippen MR) is 52.8 cm³/mol. The normalized spacial score (nSPS) is 10.2. The maximum atomic E-state index is 13.2. The van der Waals surface area contributed by atoms with Crippen LogP contribution in [0.4, 0.5) is 13.2 Å². The highest BCUT2D eigenvalue weighted by Gasteiger charge is 2.10. The molecule has 1 nitrogen and oxygen atoms in total. The first-order valence-corrected chi connectivity index (χ1v) is 4.54. The van der Waals surface area contributed by atoms with Crippen LogP contribution in [-0.2, 0) is 0 Å². The molecule has 2 aromatic carbocycles. The Hall–Kier alpha value is -1.97. The maximum Gasteiger partial charge on any atom is 0.198 e. The van der Waals surface area contributed by atoms with E-state index >= 15 is 0 Å². The highest BCUT2D eigenvalue weighted by molar-refractivity contribution is 5.33. The van der Waals surface area contributed by atoms with Gasteiger partial charge in [-0.15, -0.1) is 0 Å². The fourth-order valence-electron chi connectivity index (χ4n) is 1.20. The van der Waals surface area contributed by atoms with Gasteiger partial charge in [0.15, 0.2) is 17.4 Å². The Bertz CT molecular complexity index is 474. The molecule has 82 valence electrons. The molecule has 0 atom stereocenters. The molecule has 0 aliphatic heterocycles. The summed E-state index contributed by atoms with van der Waals surface area (Å²) >= 11 is 0. The van der Waals surface area contributed by atoms with E-state index < -0.39 is 23.2 Å². The molecule has 0 fully saturated rings. The molecule has 0 bridgehead atoms. The molecule has 0 saturated heterocycles. The zero-order chi connectivity index (χ0) is 11.5. The quantitative estimate of drug-likeness (QED) is 0.751. The second-order valence-corrected chi connectivity index (χ2v) is 3.11. The van der Waals surface area contributed by atoms with E-state index in [1.165, 1.54) is 18.2 Å². The van der Waals surface area contributed by atoms with Crippen molar-refractivity contribution >= 4 is 0 Å². The molecule has 0 unspecified atom stereocenters. The van der Waals surface area contributed by atoms with Crippen LogP contribution in [0.2, 0.25) is 0 Å². The number of para-hydroxylation sites is 1. The van der Waals surface area contributed by atoms with Crippen LogP contribution >= 0.6 is 0 Å². The molecule has 0 N–H and O–H groups in total. The topological polar surface area (TPSA) is 9.23 Å². The first-order chi connectivity index (χ1) is 7.66. The smallest absolute Gasteiger partial charge is 0.198 e. The number of halogens is 3. The van der Waals surface area contributed by atoms with Gasteiger partial charge < -0.3 is 4.74 Å². The summed E-state index contributed by atoms with van der Waals surface area (Å²) in [5, 5.41) is 0. The van der Waals surface area contributed by atoms with Gasteiger partial charge in [0.2, 0.25) is 0 Å². The van der Waals surface area contributed by atoms with E-state index in [9.17, 15) is 13.2 Å². The lowest BCUT2D eigenvalue weighted by atomic mass is 10.3. The number of ether oxygens (including phenoxy) is 1. The van der Waals surface area contributed by atoms with Gasteiger partial charge in [-0.25, -0.2) is 13.2 Å². The van der Waals surface area contributed by atoms with E-state index in [1.54, 1.807) is 0 Å². The van der Waals surface area contributed by atoms with Crippen molar-refractivity contribution in [2.24, 2.45) is 0 Å². The van der Waals surface area contributed by atoms with Crippen molar-refractivity contribution in [1.29, 1.82) is 0 Å². The van der Waals surface area contributed by atoms with Gasteiger partial charge in [0, 0.05) is 0 Å². The molecule has 0 aromatic heterocycles. The fourth-order valence-corrected chi connectivity index (χ4v) is 1.20. The second kappa shape index (κ2) is 4.26. The van der Waals surface area contributed by atoms with Crippen molar-refractivity contribution in [2.45, 2.75) is 0 Å². The lowest BCUT2D eigenvalue weighted by Crippen LogP contribution is -1.92. The molecule has 4 heteroatoms. The zero-order valence-corrected chi connectivity index (χ0v) is 8.08. The standard InChI is InChI=1S/C12H7F3O/c13-8-4-6-9(7-5-8)16-12-10(14)2-1-3-11(12)15/h1-7H. The van der Waals surface area contributed by atoms with Crippen LogP contribution in [-0.4, -0.2) is 0 Å². The number of rotatable bonds is 2. The summed E-state index contributed by atoms with van der Waals surface area (Å²) in [6.07, 6.45) is 0. The summed E-state index contributed by atoms with van der Waals surface area (Å²) in [6, 6.07) is 8.29. The minimum atomic E-state index is -0.802. The van der Waals surface area contributed by atoms with Crippen LogP contribution < -0.4 is 4.74 Å². The molecule has 0 radical (unpaired) electrons. The van der Waals surface area contributed by atoms with Crippen LogP contribution in [0, 0.1) is 17.5 Å². The molecule has 0 amide bonds. The first kappa shape index (κ1) is 10.5. The van der Waals surface area contributed by atoms with Gasteiger partial charge in [-0.1, -0.05) is 6.07 Å². The van der Waals surface area contributed by atoms with E-state index in [0.29, 0.717) is 0 Å². The highest BCUT2D eigenvalue weighted by atomic mass is 19.1. The van der Waals surface area contributed by atoms with Crippen molar-refractivity contribution in [2.75, 3.05) is 0 Å². The van der Waals surface area contributed by atoms with Crippen molar-refractivity contribution < 1.29 is 17.9 Å². The predicted octanol–water partition coefficient (Wildman–Crippen LogP) is 3.90. The minimum absolute atomic E-state index is 0.172. The molecular weight excluding hydrogens is 217 g/mol. The molecule has 0 heterocycles. The molecule has 0 saturated carbocycles. The van der Waals surface area contributed by atoms with Crippen molar-refractivity contribution in [3.05, 3.63) is 59.9 Å². The lowest BCUT2D eigenvalue weighted by Gasteiger charge is -2.07. The van der Waals surface area contributed by atoms with Gasteiger partial charge in [-0.3, -0.25) is 0 Å². The van der Waals surface area contributed by atoms with Crippen molar-refractivity contribution in [3.63, 3.8) is 0 Å². The van der Waals surface area contributed by atoms with Gasteiger partial charge in [0.25, 0.3) is 0 Å². The van der Waals surface area contributed by atoms with E-state index in [1.807, 2.05) is 0 Å². The molecule has 16 heavy (non-hydrogen) atoms. The third kappa shape index (κ3) is 2.16. The molecule has 0 aliphatic carbocycles. The molecule has 2 aromatic rings. The SMILES string of the molecule is Fc1ccc(Oc2c(F)cccc2F)cc1.